The zero-order valence-electron chi connectivity index (χ0n) is 14.4. The summed E-state index contributed by atoms with van der Waals surface area (Å²) >= 11 is 1.65. The monoisotopic (exact) mass is 346 g/mol. The highest BCUT2D eigenvalue weighted by Gasteiger charge is 2.55. The predicted octanol–water partition coefficient (Wildman–Crippen LogP) is 2.71. The second-order valence-electron chi connectivity index (χ2n) is 8.58. The Hall–Kier alpha value is -1.17. The normalized spacial score (nSPS) is 38.0. The first kappa shape index (κ1) is 15.1. The highest BCUT2D eigenvalue weighted by atomic mass is 32.1. The highest BCUT2D eigenvalue weighted by Crippen LogP contribution is 2.60. The first-order valence-electron chi connectivity index (χ1n) is 9.46. The summed E-state index contributed by atoms with van der Waals surface area (Å²) in [4.78, 5) is 17.8. The van der Waals surface area contributed by atoms with Crippen LogP contribution in [0.2, 0.25) is 0 Å². The summed E-state index contributed by atoms with van der Waals surface area (Å²) in [6, 6.07) is 0. The van der Waals surface area contributed by atoms with Crippen molar-refractivity contribution >= 4 is 22.4 Å². The van der Waals surface area contributed by atoms with Crippen LogP contribution in [0.25, 0.3) is 0 Å². The van der Waals surface area contributed by atoms with Crippen molar-refractivity contribution in [3.05, 3.63) is 5.01 Å². The maximum Gasteiger partial charge on any atom is 0.228 e. The van der Waals surface area contributed by atoms with Crippen LogP contribution >= 0.6 is 11.3 Å². The molecule has 0 unspecified atom stereocenters. The van der Waals surface area contributed by atoms with E-state index >= 15 is 0 Å². The van der Waals surface area contributed by atoms with Crippen LogP contribution in [0.5, 0.6) is 0 Å². The molecule has 6 rings (SSSR count). The first-order valence-corrected chi connectivity index (χ1v) is 10.3. The van der Waals surface area contributed by atoms with Gasteiger partial charge in [0.25, 0.3) is 0 Å². The van der Waals surface area contributed by atoms with E-state index in [0.717, 1.165) is 54.1 Å². The van der Waals surface area contributed by atoms with Gasteiger partial charge in [-0.1, -0.05) is 11.3 Å². The zero-order valence-corrected chi connectivity index (χ0v) is 15.2. The van der Waals surface area contributed by atoms with Crippen molar-refractivity contribution in [1.29, 1.82) is 0 Å². The van der Waals surface area contributed by atoms with Crippen molar-refractivity contribution in [3.63, 3.8) is 0 Å². The lowest BCUT2D eigenvalue weighted by atomic mass is 9.49. The number of aryl methyl sites for hydroxylation is 1. The lowest BCUT2D eigenvalue weighted by molar-refractivity contribution is -0.158. The number of nitrogens with zero attached hydrogens (tertiary/aromatic N) is 4. The minimum atomic E-state index is 0.0102. The fourth-order valence-corrected chi connectivity index (χ4v) is 6.96. The first-order chi connectivity index (χ1) is 11.6. The Morgan fingerprint density at radius 3 is 2.08 bits per heavy atom. The Labute approximate surface area is 147 Å². The van der Waals surface area contributed by atoms with Crippen LogP contribution in [0, 0.1) is 30.1 Å². The second-order valence-corrected chi connectivity index (χ2v) is 9.74. The molecule has 1 aromatic rings. The third-order valence-corrected chi connectivity index (χ3v) is 7.74. The molecule has 4 saturated carbocycles. The van der Waals surface area contributed by atoms with Gasteiger partial charge in [-0.25, -0.2) is 0 Å². The SMILES string of the molecule is Cc1nnc(N2CCN(C(=O)C34CC5CC(CC(C5)C3)C4)CC2)s1. The lowest BCUT2D eigenvalue weighted by Crippen LogP contribution is -2.58. The largest absolute Gasteiger partial charge is 0.343 e. The van der Waals surface area contributed by atoms with E-state index in [0.29, 0.717) is 5.91 Å². The molecular weight excluding hydrogens is 320 g/mol. The average Bonchev–Trinajstić information content (AvgIpc) is 3.00. The molecule has 0 spiro atoms. The van der Waals surface area contributed by atoms with Crippen molar-refractivity contribution in [2.75, 3.05) is 31.1 Å². The fraction of sp³-hybridized carbons (Fsp3) is 0.833. The van der Waals surface area contributed by atoms with Gasteiger partial charge in [0, 0.05) is 26.2 Å². The lowest BCUT2D eigenvalue weighted by Gasteiger charge is -2.57. The molecule has 2 heterocycles. The Balaban J connectivity index is 1.27. The number of carbonyl (C=O) groups excluding carboxylic acids is 1. The second kappa shape index (κ2) is 5.41. The number of aromatic nitrogens is 2. The van der Waals surface area contributed by atoms with E-state index in [1.807, 2.05) is 6.92 Å². The summed E-state index contributed by atoms with van der Waals surface area (Å²) in [5.41, 5.74) is 0.0102. The van der Waals surface area contributed by atoms with Crippen molar-refractivity contribution < 1.29 is 4.79 Å². The zero-order chi connectivity index (χ0) is 16.3. The minimum Gasteiger partial charge on any atom is -0.343 e. The van der Waals surface area contributed by atoms with E-state index < -0.39 is 0 Å². The van der Waals surface area contributed by atoms with E-state index in [9.17, 15) is 4.79 Å². The molecule has 1 aliphatic heterocycles. The van der Waals surface area contributed by atoms with Crippen LogP contribution in [0.4, 0.5) is 5.13 Å². The van der Waals surface area contributed by atoms with Crippen LogP contribution in [-0.4, -0.2) is 47.2 Å². The molecule has 5 aliphatic rings. The van der Waals surface area contributed by atoms with Gasteiger partial charge < -0.3 is 9.80 Å². The number of rotatable bonds is 2. The van der Waals surface area contributed by atoms with Crippen molar-refractivity contribution in [2.24, 2.45) is 23.2 Å². The van der Waals surface area contributed by atoms with Crippen molar-refractivity contribution in [1.82, 2.24) is 15.1 Å². The molecule has 1 aromatic heterocycles. The third kappa shape index (κ3) is 2.37. The summed E-state index contributed by atoms with van der Waals surface area (Å²) in [7, 11) is 0. The molecule has 6 heteroatoms. The van der Waals surface area contributed by atoms with Crippen molar-refractivity contribution in [2.45, 2.75) is 45.4 Å². The summed E-state index contributed by atoms with van der Waals surface area (Å²) in [6.07, 6.45) is 7.72. The molecule has 1 amide bonds. The van der Waals surface area contributed by atoms with E-state index in [2.05, 4.69) is 20.0 Å². The molecule has 0 N–H and O–H groups in total. The number of carbonyl (C=O) groups is 1. The topological polar surface area (TPSA) is 49.3 Å². The van der Waals surface area contributed by atoms with E-state index in [1.54, 1.807) is 11.3 Å². The van der Waals surface area contributed by atoms with Gasteiger partial charge in [0.15, 0.2) is 0 Å². The molecule has 5 nitrogen and oxygen atoms in total. The van der Waals surface area contributed by atoms with Crippen LogP contribution in [-0.2, 0) is 4.79 Å². The van der Waals surface area contributed by atoms with Crippen LogP contribution in [0.15, 0.2) is 0 Å². The molecule has 0 aromatic carbocycles. The molecule has 5 fully saturated rings. The molecule has 24 heavy (non-hydrogen) atoms. The number of hydrogen-bond acceptors (Lipinski definition) is 5. The van der Waals surface area contributed by atoms with Gasteiger partial charge in [-0.3, -0.25) is 4.79 Å². The standard InChI is InChI=1S/C18H26N4OS/c1-12-19-20-17(24-12)22-4-2-21(3-5-22)16(23)18-9-13-6-14(10-18)8-15(7-13)11-18/h13-15H,2-11H2,1H3. The summed E-state index contributed by atoms with van der Waals surface area (Å²) < 4.78 is 0. The number of amides is 1. The molecule has 1 saturated heterocycles. The fourth-order valence-electron chi connectivity index (χ4n) is 6.22. The number of anilines is 1. The van der Waals surface area contributed by atoms with E-state index in [4.69, 9.17) is 0 Å². The third-order valence-electron chi connectivity index (χ3n) is 6.84. The van der Waals surface area contributed by atoms with E-state index in [1.165, 1.54) is 38.5 Å². The molecule has 0 radical (unpaired) electrons. The van der Waals surface area contributed by atoms with Gasteiger partial charge >= 0.3 is 0 Å². The van der Waals surface area contributed by atoms with Gasteiger partial charge in [0.05, 0.1) is 5.41 Å². The molecule has 130 valence electrons. The average molecular weight is 347 g/mol. The number of piperazine rings is 1. The van der Waals surface area contributed by atoms with Gasteiger partial charge in [0.1, 0.15) is 5.01 Å². The van der Waals surface area contributed by atoms with Gasteiger partial charge in [-0.15, -0.1) is 10.2 Å². The smallest absolute Gasteiger partial charge is 0.228 e. The van der Waals surface area contributed by atoms with Crippen LogP contribution in [0.3, 0.4) is 0 Å². The highest BCUT2D eigenvalue weighted by molar-refractivity contribution is 7.15. The quantitative estimate of drug-likeness (QED) is 0.826. The van der Waals surface area contributed by atoms with Gasteiger partial charge in [-0.2, -0.15) is 0 Å². The summed E-state index contributed by atoms with van der Waals surface area (Å²) in [5, 5.41) is 10.4. The predicted molar refractivity (Wildman–Crippen MR) is 94.0 cm³/mol. The molecule has 4 aliphatic carbocycles. The maximum absolute atomic E-state index is 13.4. The Morgan fingerprint density at radius 1 is 1.00 bits per heavy atom. The number of hydrogen-bond donors (Lipinski definition) is 0. The Kier molecular flexibility index (Phi) is 3.41. The summed E-state index contributed by atoms with van der Waals surface area (Å²) in [6.45, 7) is 5.48. The Morgan fingerprint density at radius 2 is 1.58 bits per heavy atom. The van der Waals surface area contributed by atoms with Crippen molar-refractivity contribution in [3.8, 4) is 0 Å². The molecular formula is C18H26N4OS. The van der Waals surface area contributed by atoms with Crippen LogP contribution in [0.1, 0.15) is 43.5 Å². The molecule has 0 atom stereocenters. The minimum absolute atomic E-state index is 0.0102. The van der Waals surface area contributed by atoms with Crippen LogP contribution < -0.4 is 4.90 Å². The Bertz CT molecular complexity index is 614. The van der Waals surface area contributed by atoms with Gasteiger partial charge in [0.2, 0.25) is 11.0 Å². The van der Waals surface area contributed by atoms with Gasteiger partial charge in [-0.05, 0) is 63.2 Å². The maximum atomic E-state index is 13.4. The van der Waals surface area contributed by atoms with E-state index in [-0.39, 0.29) is 5.41 Å². The summed E-state index contributed by atoms with van der Waals surface area (Å²) in [5.74, 6) is 3.00. The molecule has 4 bridgehead atoms.